The molecular weight excluding hydrogens is 210 g/mol. The van der Waals surface area contributed by atoms with Gasteiger partial charge in [-0.15, -0.1) is 0 Å². The molecule has 3 nitrogen and oxygen atoms in total. The molecule has 2 atom stereocenters. The SMILES string of the molecule is Cc1nccc(CNC2CC(C)CC(C)C2)n1. The maximum atomic E-state index is 4.42. The quantitative estimate of drug-likeness (QED) is 0.872. The Kier molecular flexibility index (Phi) is 4.11. The number of rotatable bonds is 3. The second-order valence-electron chi connectivity index (χ2n) is 5.59. The van der Waals surface area contributed by atoms with E-state index in [1.807, 2.05) is 19.2 Å². The number of aryl methyl sites for hydroxylation is 1. The Morgan fingerprint density at radius 3 is 2.59 bits per heavy atom. The Balaban J connectivity index is 1.85. The fraction of sp³-hybridized carbons (Fsp3) is 0.714. The average Bonchev–Trinajstić information content (AvgIpc) is 2.25. The summed E-state index contributed by atoms with van der Waals surface area (Å²) < 4.78 is 0. The van der Waals surface area contributed by atoms with E-state index in [9.17, 15) is 0 Å². The minimum Gasteiger partial charge on any atom is -0.308 e. The smallest absolute Gasteiger partial charge is 0.125 e. The Bertz CT molecular complexity index is 354. The third kappa shape index (κ3) is 3.77. The molecule has 1 N–H and O–H groups in total. The van der Waals surface area contributed by atoms with Crippen molar-refractivity contribution in [3.05, 3.63) is 23.8 Å². The molecule has 2 unspecified atom stereocenters. The molecule has 0 bridgehead atoms. The van der Waals surface area contributed by atoms with Crippen LogP contribution in [0.3, 0.4) is 0 Å². The van der Waals surface area contributed by atoms with Crippen molar-refractivity contribution in [1.29, 1.82) is 0 Å². The summed E-state index contributed by atoms with van der Waals surface area (Å²) in [6.45, 7) is 7.53. The van der Waals surface area contributed by atoms with E-state index in [0.717, 1.165) is 29.9 Å². The maximum Gasteiger partial charge on any atom is 0.125 e. The summed E-state index contributed by atoms with van der Waals surface area (Å²) in [5.41, 5.74) is 1.10. The van der Waals surface area contributed by atoms with Gasteiger partial charge < -0.3 is 5.32 Å². The van der Waals surface area contributed by atoms with E-state index >= 15 is 0 Å². The van der Waals surface area contributed by atoms with Gasteiger partial charge in [-0.2, -0.15) is 0 Å². The van der Waals surface area contributed by atoms with Gasteiger partial charge in [0.25, 0.3) is 0 Å². The van der Waals surface area contributed by atoms with E-state index in [1.54, 1.807) is 0 Å². The van der Waals surface area contributed by atoms with Gasteiger partial charge in [-0.05, 0) is 44.1 Å². The molecule has 0 amide bonds. The molecule has 2 rings (SSSR count). The van der Waals surface area contributed by atoms with Crippen molar-refractivity contribution < 1.29 is 0 Å². The molecule has 94 valence electrons. The first-order valence-corrected chi connectivity index (χ1v) is 6.65. The molecule has 0 radical (unpaired) electrons. The van der Waals surface area contributed by atoms with Crippen LogP contribution in [-0.2, 0) is 6.54 Å². The summed E-state index contributed by atoms with van der Waals surface area (Å²) in [6, 6.07) is 2.65. The first kappa shape index (κ1) is 12.5. The second kappa shape index (κ2) is 5.58. The van der Waals surface area contributed by atoms with Gasteiger partial charge in [0.15, 0.2) is 0 Å². The Morgan fingerprint density at radius 2 is 1.94 bits per heavy atom. The summed E-state index contributed by atoms with van der Waals surface area (Å²) >= 11 is 0. The normalized spacial score (nSPS) is 29.2. The van der Waals surface area contributed by atoms with Gasteiger partial charge in [-0.1, -0.05) is 13.8 Å². The summed E-state index contributed by atoms with van der Waals surface area (Å²) in [6.07, 6.45) is 5.82. The van der Waals surface area contributed by atoms with Gasteiger partial charge in [-0.3, -0.25) is 0 Å². The second-order valence-corrected chi connectivity index (χ2v) is 5.59. The van der Waals surface area contributed by atoms with Crippen molar-refractivity contribution in [2.45, 2.75) is 52.6 Å². The lowest BCUT2D eigenvalue weighted by molar-refractivity contribution is 0.237. The van der Waals surface area contributed by atoms with Crippen molar-refractivity contribution in [1.82, 2.24) is 15.3 Å². The van der Waals surface area contributed by atoms with Crippen molar-refractivity contribution in [3.63, 3.8) is 0 Å². The number of nitrogens with one attached hydrogen (secondary N) is 1. The highest BCUT2D eigenvalue weighted by Gasteiger charge is 2.23. The van der Waals surface area contributed by atoms with Crippen LogP contribution in [0, 0.1) is 18.8 Å². The lowest BCUT2D eigenvalue weighted by Crippen LogP contribution is -2.36. The highest BCUT2D eigenvalue weighted by atomic mass is 15.0. The van der Waals surface area contributed by atoms with E-state index in [0.29, 0.717) is 6.04 Å². The van der Waals surface area contributed by atoms with Crippen LogP contribution in [0.2, 0.25) is 0 Å². The zero-order valence-electron chi connectivity index (χ0n) is 11.1. The monoisotopic (exact) mass is 233 g/mol. The lowest BCUT2D eigenvalue weighted by Gasteiger charge is -2.32. The van der Waals surface area contributed by atoms with Gasteiger partial charge in [0.1, 0.15) is 5.82 Å². The van der Waals surface area contributed by atoms with Crippen molar-refractivity contribution in [2.24, 2.45) is 11.8 Å². The molecule has 0 aliphatic heterocycles. The van der Waals surface area contributed by atoms with Crippen LogP contribution in [0.15, 0.2) is 12.3 Å². The minimum atomic E-state index is 0.657. The third-order valence-corrected chi connectivity index (χ3v) is 3.58. The predicted molar refractivity (Wildman–Crippen MR) is 69.6 cm³/mol. The van der Waals surface area contributed by atoms with Crippen LogP contribution < -0.4 is 5.32 Å². The molecule has 1 aromatic rings. The molecular formula is C14H23N3. The Hall–Kier alpha value is -0.960. The van der Waals surface area contributed by atoms with E-state index in [-0.39, 0.29) is 0 Å². The van der Waals surface area contributed by atoms with Gasteiger partial charge in [0.05, 0.1) is 5.69 Å². The van der Waals surface area contributed by atoms with Crippen LogP contribution in [0.5, 0.6) is 0 Å². The van der Waals surface area contributed by atoms with E-state index in [2.05, 4.69) is 29.1 Å². The highest BCUT2D eigenvalue weighted by Crippen LogP contribution is 2.28. The molecule has 1 heterocycles. The molecule has 1 saturated carbocycles. The number of nitrogens with zero attached hydrogens (tertiary/aromatic N) is 2. The fourth-order valence-electron chi connectivity index (χ4n) is 2.97. The maximum absolute atomic E-state index is 4.42. The molecule has 1 aliphatic carbocycles. The molecule has 3 heteroatoms. The molecule has 1 aromatic heterocycles. The number of hydrogen-bond acceptors (Lipinski definition) is 3. The number of aromatic nitrogens is 2. The molecule has 0 saturated heterocycles. The van der Waals surface area contributed by atoms with E-state index in [4.69, 9.17) is 0 Å². The molecule has 1 fully saturated rings. The first-order valence-electron chi connectivity index (χ1n) is 6.65. The highest BCUT2D eigenvalue weighted by molar-refractivity contribution is 5.01. The van der Waals surface area contributed by atoms with Crippen LogP contribution in [0.4, 0.5) is 0 Å². The summed E-state index contributed by atoms with van der Waals surface area (Å²) in [7, 11) is 0. The fourth-order valence-corrected chi connectivity index (χ4v) is 2.97. The topological polar surface area (TPSA) is 37.8 Å². The summed E-state index contributed by atoms with van der Waals surface area (Å²) in [5, 5.41) is 3.64. The van der Waals surface area contributed by atoms with Crippen molar-refractivity contribution >= 4 is 0 Å². The van der Waals surface area contributed by atoms with Crippen LogP contribution in [-0.4, -0.2) is 16.0 Å². The van der Waals surface area contributed by atoms with Crippen LogP contribution >= 0.6 is 0 Å². The van der Waals surface area contributed by atoms with Gasteiger partial charge in [-0.25, -0.2) is 9.97 Å². The zero-order valence-corrected chi connectivity index (χ0v) is 11.1. The largest absolute Gasteiger partial charge is 0.308 e. The van der Waals surface area contributed by atoms with Crippen LogP contribution in [0.1, 0.15) is 44.6 Å². The van der Waals surface area contributed by atoms with Crippen molar-refractivity contribution in [2.75, 3.05) is 0 Å². The Labute approximate surface area is 104 Å². The predicted octanol–water partition coefficient (Wildman–Crippen LogP) is 2.70. The van der Waals surface area contributed by atoms with Gasteiger partial charge in [0.2, 0.25) is 0 Å². The van der Waals surface area contributed by atoms with E-state index < -0.39 is 0 Å². The molecule has 17 heavy (non-hydrogen) atoms. The van der Waals surface area contributed by atoms with Crippen LogP contribution in [0.25, 0.3) is 0 Å². The molecule has 1 aliphatic rings. The average molecular weight is 233 g/mol. The summed E-state index contributed by atoms with van der Waals surface area (Å²) in [4.78, 5) is 8.54. The van der Waals surface area contributed by atoms with Gasteiger partial charge >= 0.3 is 0 Å². The standard InChI is InChI=1S/C14H23N3/c1-10-6-11(2)8-14(7-10)16-9-13-4-5-15-12(3)17-13/h4-5,10-11,14,16H,6-9H2,1-3H3. The first-order chi connectivity index (χ1) is 8.13. The van der Waals surface area contributed by atoms with E-state index in [1.165, 1.54) is 19.3 Å². The minimum absolute atomic E-state index is 0.657. The van der Waals surface area contributed by atoms with Gasteiger partial charge in [0, 0.05) is 18.8 Å². The zero-order chi connectivity index (χ0) is 12.3. The number of hydrogen-bond donors (Lipinski definition) is 1. The summed E-state index contributed by atoms with van der Waals surface area (Å²) in [5.74, 6) is 2.56. The van der Waals surface area contributed by atoms with Crippen molar-refractivity contribution in [3.8, 4) is 0 Å². The lowest BCUT2D eigenvalue weighted by atomic mass is 9.80. The molecule has 0 spiro atoms. The third-order valence-electron chi connectivity index (χ3n) is 3.58. The molecule has 0 aromatic carbocycles. The Morgan fingerprint density at radius 1 is 1.24 bits per heavy atom.